The minimum atomic E-state index is -0.993. The van der Waals surface area contributed by atoms with Crippen molar-refractivity contribution in [2.45, 2.75) is 0 Å². The third-order valence-electron chi connectivity index (χ3n) is 2.15. The monoisotopic (exact) mass is 255 g/mol. The van der Waals surface area contributed by atoms with Crippen LogP contribution in [0.5, 0.6) is 0 Å². The molecule has 0 unspecified atom stereocenters. The van der Waals surface area contributed by atoms with Crippen LogP contribution in [0.3, 0.4) is 0 Å². The molecular formula is C11H7Cl2NO2. The van der Waals surface area contributed by atoms with Gasteiger partial charge in [-0.2, -0.15) is 0 Å². The van der Waals surface area contributed by atoms with Crippen molar-refractivity contribution in [1.29, 1.82) is 0 Å². The molecule has 0 bridgehead atoms. The van der Waals surface area contributed by atoms with Crippen molar-refractivity contribution < 1.29 is 9.90 Å². The first-order valence-electron chi connectivity index (χ1n) is 4.44. The van der Waals surface area contributed by atoms with E-state index in [1.807, 2.05) is 0 Å². The van der Waals surface area contributed by atoms with Crippen LogP contribution in [0.15, 0.2) is 30.6 Å². The lowest BCUT2D eigenvalue weighted by molar-refractivity contribution is 0.0698. The largest absolute Gasteiger partial charge is 0.478 e. The lowest BCUT2D eigenvalue weighted by Gasteiger charge is -2.02. The number of H-pyrrole nitrogens is 1. The zero-order valence-electron chi connectivity index (χ0n) is 8.00. The molecule has 2 rings (SSSR count). The number of halogens is 2. The number of aromatic nitrogens is 1. The molecule has 5 heteroatoms. The Bertz CT molecular complexity index is 528. The number of benzene rings is 1. The number of rotatable bonds is 2. The van der Waals surface area contributed by atoms with Gasteiger partial charge in [0.15, 0.2) is 0 Å². The van der Waals surface area contributed by atoms with Gasteiger partial charge in [0.1, 0.15) is 0 Å². The molecule has 0 radical (unpaired) electrons. The third kappa shape index (κ3) is 2.05. The van der Waals surface area contributed by atoms with Gasteiger partial charge in [-0.25, -0.2) is 4.79 Å². The summed E-state index contributed by atoms with van der Waals surface area (Å²) >= 11 is 11.7. The van der Waals surface area contributed by atoms with Crippen LogP contribution < -0.4 is 0 Å². The molecule has 1 heterocycles. The van der Waals surface area contributed by atoms with Crippen LogP contribution in [-0.2, 0) is 0 Å². The number of aromatic carboxylic acids is 1. The minimum Gasteiger partial charge on any atom is -0.478 e. The van der Waals surface area contributed by atoms with Crippen LogP contribution in [0.1, 0.15) is 10.4 Å². The molecule has 2 aromatic rings. The van der Waals surface area contributed by atoms with Gasteiger partial charge in [0, 0.05) is 28.0 Å². The highest BCUT2D eigenvalue weighted by Gasteiger charge is 2.13. The van der Waals surface area contributed by atoms with Crippen molar-refractivity contribution >= 4 is 29.2 Å². The summed E-state index contributed by atoms with van der Waals surface area (Å²) in [7, 11) is 0. The molecule has 0 saturated heterocycles. The summed E-state index contributed by atoms with van der Waals surface area (Å²) in [5, 5.41) is 9.91. The summed E-state index contributed by atoms with van der Waals surface area (Å²) in [5.41, 5.74) is 1.44. The van der Waals surface area contributed by atoms with E-state index in [0.29, 0.717) is 21.2 Å². The maximum atomic E-state index is 10.9. The van der Waals surface area contributed by atoms with Crippen LogP contribution in [0.25, 0.3) is 11.1 Å². The number of nitrogens with one attached hydrogen (secondary N) is 1. The molecule has 16 heavy (non-hydrogen) atoms. The van der Waals surface area contributed by atoms with Gasteiger partial charge in [0.2, 0.25) is 0 Å². The zero-order valence-corrected chi connectivity index (χ0v) is 9.51. The van der Waals surface area contributed by atoms with E-state index in [0.717, 1.165) is 0 Å². The number of hydrogen-bond donors (Lipinski definition) is 2. The van der Waals surface area contributed by atoms with Crippen molar-refractivity contribution in [1.82, 2.24) is 4.98 Å². The van der Waals surface area contributed by atoms with E-state index in [-0.39, 0.29) is 5.56 Å². The minimum absolute atomic E-state index is 0.193. The van der Waals surface area contributed by atoms with Gasteiger partial charge in [-0.3, -0.25) is 0 Å². The van der Waals surface area contributed by atoms with E-state index >= 15 is 0 Å². The van der Waals surface area contributed by atoms with Gasteiger partial charge in [0.05, 0.1) is 5.56 Å². The van der Waals surface area contributed by atoms with Gasteiger partial charge in [0.25, 0.3) is 0 Å². The SMILES string of the molecule is O=C(O)c1c[nH]cc1-c1cc(Cl)cc(Cl)c1. The molecule has 0 fully saturated rings. The summed E-state index contributed by atoms with van der Waals surface area (Å²) < 4.78 is 0. The highest BCUT2D eigenvalue weighted by atomic mass is 35.5. The van der Waals surface area contributed by atoms with Crippen molar-refractivity contribution in [2.75, 3.05) is 0 Å². The second-order valence-electron chi connectivity index (χ2n) is 3.25. The Labute approximate surface area is 102 Å². The smallest absolute Gasteiger partial charge is 0.337 e. The Balaban J connectivity index is 2.58. The molecule has 0 aliphatic heterocycles. The average Bonchev–Trinajstić information content (AvgIpc) is 2.63. The highest BCUT2D eigenvalue weighted by molar-refractivity contribution is 6.35. The van der Waals surface area contributed by atoms with E-state index < -0.39 is 5.97 Å². The van der Waals surface area contributed by atoms with Gasteiger partial charge < -0.3 is 10.1 Å². The molecule has 3 nitrogen and oxygen atoms in total. The number of carbonyl (C=O) groups is 1. The van der Waals surface area contributed by atoms with Crippen LogP contribution in [0, 0.1) is 0 Å². The van der Waals surface area contributed by atoms with Gasteiger partial charge in [-0.1, -0.05) is 23.2 Å². The first-order valence-corrected chi connectivity index (χ1v) is 5.20. The lowest BCUT2D eigenvalue weighted by atomic mass is 10.1. The molecule has 82 valence electrons. The standard InChI is InChI=1S/C11H7Cl2NO2/c12-7-1-6(2-8(13)3-7)9-4-14-5-10(9)11(15)16/h1-5,14H,(H,15,16). The van der Waals surface area contributed by atoms with E-state index in [1.54, 1.807) is 24.4 Å². The number of carboxylic acid groups (broad SMARTS) is 1. The molecule has 0 aliphatic carbocycles. The average molecular weight is 256 g/mol. The summed E-state index contributed by atoms with van der Waals surface area (Å²) in [5.74, 6) is -0.993. The first-order chi connectivity index (χ1) is 7.58. The first kappa shape index (κ1) is 11.0. The maximum absolute atomic E-state index is 10.9. The van der Waals surface area contributed by atoms with Gasteiger partial charge in [-0.15, -0.1) is 0 Å². The number of carboxylic acids is 1. The molecular weight excluding hydrogens is 249 g/mol. The molecule has 0 aliphatic rings. The van der Waals surface area contributed by atoms with E-state index in [9.17, 15) is 4.79 Å². The van der Waals surface area contributed by atoms with Crippen LogP contribution in [0.2, 0.25) is 10.0 Å². The second-order valence-corrected chi connectivity index (χ2v) is 4.12. The highest BCUT2D eigenvalue weighted by Crippen LogP contribution is 2.29. The fourth-order valence-electron chi connectivity index (χ4n) is 1.49. The predicted molar refractivity (Wildman–Crippen MR) is 63.2 cm³/mol. The molecule has 0 spiro atoms. The summed E-state index contributed by atoms with van der Waals surface area (Å²) in [6.07, 6.45) is 3.03. The van der Waals surface area contributed by atoms with E-state index in [2.05, 4.69) is 4.98 Å². The zero-order chi connectivity index (χ0) is 11.7. The molecule has 0 atom stereocenters. The number of hydrogen-bond acceptors (Lipinski definition) is 1. The van der Waals surface area contributed by atoms with Gasteiger partial charge >= 0.3 is 5.97 Å². The molecule has 0 amide bonds. The number of aromatic amines is 1. The lowest BCUT2D eigenvalue weighted by Crippen LogP contribution is -1.95. The van der Waals surface area contributed by atoms with E-state index in [1.165, 1.54) is 6.20 Å². The fraction of sp³-hybridized carbons (Fsp3) is 0. The molecule has 1 aromatic carbocycles. The van der Waals surface area contributed by atoms with Crippen LogP contribution >= 0.6 is 23.2 Å². The van der Waals surface area contributed by atoms with Crippen molar-refractivity contribution in [2.24, 2.45) is 0 Å². The summed E-state index contributed by atoms with van der Waals surface area (Å²) in [6.45, 7) is 0. The molecule has 2 N–H and O–H groups in total. The quantitative estimate of drug-likeness (QED) is 0.860. The Morgan fingerprint density at radius 3 is 2.31 bits per heavy atom. The fourth-order valence-corrected chi connectivity index (χ4v) is 2.01. The Kier molecular flexibility index (Phi) is 2.90. The topological polar surface area (TPSA) is 53.1 Å². The molecule has 1 aromatic heterocycles. The normalized spacial score (nSPS) is 10.4. The van der Waals surface area contributed by atoms with E-state index in [4.69, 9.17) is 28.3 Å². The van der Waals surface area contributed by atoms with Gasteiger partial charge in [-0.05, 0) is 23.8 Å². The van der Waals surface area contributed by atoms with Crippen molar-refractivity contribution in [3.05, 3.63) is 46.2 Å². The molecule has 0 saturated carbocycles. The Morgan fingerprint density at radius 2 is 1.75 bits per heavy atom. The maximum Gasteiger partial charge on any atom is 0.337 e. The van der Waals surface area contributed by atoms with Crippen molar-refractivity contribution in [3.63, 3.8) is 0 Å². The van der Waals surface area contributed by atoms with Crippen molar-refractivity contribution in [3.8, 4) is 11.1 Å². The summed E-state index contributed by atoms with van der Waals surface area (Å²) in [6, 6.07) is 4.94. The van der Waals surface area contributed by atoms with Crippen LogP contribution in [0.4, 0.5) is 0 Å². The summed E-state index contributed by atoms with van der Waals surface area (Å²) in [4.78, 5) is 13.7. The predicted octanol–water partition coefficient (Wildman–Crippen LogP) is 3.69. The Hall–Kier alpha value is -1.45. The third-order valence-corrected chi connectivity index (χ3v) is 2.59. The second kappa shape index (κ2) is 4.20. The Morgan fingerprint density at radius 1 is 1.12 bits per heavy atom. The van der Waals surface area contributed by atoms with Crippen LogP contribution in [-0.4, -0.2) is 16.1 Å².